The molecule has 6 heteroatoms. The van der Waals surface area contributed by atoms with Gasteiger partial charge in [-0.05, 0) is 11.6 Å². The maximum atomic E-state index is 11.4. The van der Waals surface area contributed by atoms with Gasteiger partial charge in [0.25, 0.3) is 5.91 Å². The predicted octanol–water partition coefficient (Wildman–Crippen LogP) is 0.448. The van der Waals surface area contributed by atoms with Crippen molar-refractivity contribution < 1.29 is 34.2 Å². The van der Waals surface area contributed by atoms with Crippen LogP contribution in [0.5, 0.6) is 0 Å². The molecule has 0 fully saturated rings. The first-order chi connectivity index (χ1) is 7.18. The molecular formula is C10H10N2O3Zn. The molecule has 1 aliphatic heterocycles. The van der Waals surface area contributed by atoms with Crippen LogP contribution in [0.15, 0.2) is 24.3 Å². The Hall–Kier alpha value is -1.26. The average molecular weight is 272 g/mol. The van der Waals surface area contributed by atoms with Gasteiger partial charge in [0.05, 0.1) is 12.5 Å². The standard InChI is InChI=1S/C10H10N2O3.Zn/c13-9(14)5-8-6-3-1-2-4-7(6)10(15)12-11-8;/h1-4,8,11H,5H2,(H,12,15)(H,13,14);. The molecule has 1 aromatic rings. The molecule has 3 N–H and O–H groups in total. The number of hydrogen-bond acceptors (Lipinski definition) is 3. The largest absolute Gasteiger partial charge is 0.481 e. The van der Waals surface area contributed by atoms with Crippen molar-refractivity contribution in [3.63, 3.8) is 0 Å². The Balaban J connectivity index is 0.00000128. The van der Waals surface area contributed by atoms with E-state index in [9.17, 15) is 9.59 Å². The molecule has 1 heterocycles. The summed E-state index contributed by atoms with van der Waals surface area (Å²) in [6, 6.07) is 6.61. The summed E-state index contributed by atoms with van der Waals surface area (Å²) in [5.74, 6) is -1.13. The SMILES string of the molecule is O=C(O)CC1NNC(=O)c2ccccc21.[Zn]. The van der Waals surface area contributed by atoms with E-state index in [-0.39, 0.29) is 37.8 Å². The van der Waals surface area contributed by atoms with Crippen LogP contribution in [0.25, 0.3) is 0 Å². The third-order valence-corrected chi connectivity index (χ3v) is 2.32. The summed E-state index contributed by atoms with van der Waals surface area (Å²) in [6.45, 7) is 0. The Labute approximate surface area is 105 Å². The Kier molecular flexibility index (Phi) is 4.15. The van der Waals surface area contributed by atoms with Gasteiger partial charge in [-0.25, -0.2) is 5.43 Å². The van der Waals surface area contributed by atoms with Gasteiger partial charge in [-0.1, -0.05) is 18.2 Å². The molecule has 1 amide bonds. The van der Waals surface area contributed by atoms with Crippen LogP contribution in [0.1, 0.15) is 28.4 Å². The normalized spacial score (nSPS) is 18.0. The second kappa shape index (κ2) is 5.19. The molecule has 0 saturated heterocycles. The van der Waals surface area contributed by atoms with E-state index < -0.39 is 5.97 Å². The van der Waals surface area contributed by atoms with Gasteiger partial charge < -0.3 is 5.11 Å². The number of benzene rings is 1. The number of rotatable bonds is 2. The second-order valence-corrected chi connectivity index (χ2v) is 3.34. The van der Waals surface area contributed by atoms with Crippen molar-refractivity contribution in [2.75, 3.05) is 0 Å². The summed E-state index contributed by atoms with van der Waals surface area (Å²) < 4.78 is 0. The van der Waals surface area contributed by atoms with Crippen molar-refractivity contribution in [1.29, 1.82) is 0 Å². The molecule has 5 nitrogen and oxygen atoms in total. The summed E-state index contributed by atoms with van der Waals surface area (Å²) in [4.78, 5) is 22.0. The predicted molar refractivity (Wildman–Crippen MR) is 52.0 cm³/mol. The average Bonchev–Trinajstić information content (AvgIpc) is 2.22. The summed E-state index contributed by atoms with van der Waals surface area (Å²) in [5, 5.41) is 8.70. The van der Waals surface area contributed by atoms with Gasteiger partial charge in [0, 0.05) is 25.0 Å². The van der Waals surface area contributed by atoms with Gasteiger partial charge in [0.2, 0.25) is 0 Å². The fourth-order valence-corrected chi connectivity index (χ4v) is 1.64. The number of carbonyl (C=O) groups excluding carboxylic acids is 1. The van der Waals surface area contributed by atoms with Crippen LogP contribution in [0.2, 0.25) is 0 Å². The van der Waals surface area contributed by atoms with E-state index in [4.69, 9.17) is 5.11 Å². The number of nitrogens with one attached hydrogen (secondary N) is 2. The molecule has 0 saturated carbocycles. The van der Waals surface area contributed by atoms with E-state index in [2.05, 4.69) is 10.9 Å². The smallest absolute Gasteiger partial charge is 0.305 e. The van der Waals surface area contributed by atoms with Crippen molar-refractivity contribution in [2.45, 2.75) is 12.5 Å². The Morgan fingerprint density at radius 3 is 2.75 bits per heavy atom. The van der Waals surface area contributed by atoms with Crippen molar-refractivity contribution in [3.8, 4) is 0 Å². The summed E-state index contributed by atoms with van der Waals surface area (Å²) in [5.41, 5.74) is 6.37. The number of hydrogen-bond donors (Lipinski definition) is 3. The molecule has 1 unspecified atom stereocenters. The Morgan fingerprint density at radius 1 is 1.38 bits per heavy atom. The van der Waals surface area contributed by atoms with Crippen molar-refractivity contribution in [3.05, 3.63) is 35.4 Å². The van der Waals surface area contributed by atoms with Crippen molar-refractivity contribution in [2.24, 2.45) is 0 Å². The van der Waals surface area contributed by atoms with Gasteiger partial charge >= 0.3 is 5.97 Å². The van der Waals surface area contributed by atoms with Gasteiger partial charge in [-0.15, -0.1) is 0 Å². The maximum absolute atomic E-state index is 11.4. The number of fused-ring (bicyclic) bond motifs is 1. The Morgan fingerprint density at radius 2 is 2.06 bits per heavy atom. The monoisotopic (exact) mass is 270 g/mol. The minimum Gasteiger partial charge on any atom is -0.481 e. The van der Waals surface area contributed by atoms with E-state index in [1.165, 1.54) is 0 Å². The van der Waals surface area contributed by atoms with Crippen LogP contribution in [0.4, 0.5) is 0 Å². The molecular weight excluding hydrogens is 262 g/mol. The molecule has 1 atom stereocenters. The number of aliphatic carboxylic acids is 1. The molecule has 0 spiro atoms. The van der Waals surface area contributed by atoms with Gasteiger partial charge in [-0.3, -0.25) is 15.0 Å². The summed E-state index contributed by atoms with van der Waals surface area (Å²) >= 11 is 0. The number of hydrazine groups is 1. The van der Waals surface area contributed by atoms with E-state index in [0.717, 1.165) is 5.56 Å². The zero-order valence-electron chi connectivity index (χ0n) is 8.56. The number of carbonyl (C=O) groups is 2. The Bertz CT molecular complexity index is 422. The van der Waals surface area contributed by atoms with Gasteiger partial charge in [0.1, 0.15) is 0 Å². The van der Waals surface area contributed by atoms with Crippen molar-refractivity contribution in [1.82, 2.24) is 10.9 Å². The quantitative estimate of drug-likeness (QED) is 0.683. The van der Waals surface area contributed by atoms with E-state index in [1.54, 1.807) is 24.3 Å². The van der Waals surface area contributed by atoms with Gasteiger partial charge in [0.15, 0.2) is 0 Å². The third-order valence-electron chi connectivity index (χ3n) is 2.32. The topological polar surface area (TPSA) is 78.4 Å². The van der Waals surface area contributed by atoms with Gasteiger partial charge in [-0.2, -0.15) is 0 Å². The molecule has 1 aromatic carbocycles. The van der Waals surface area contributed by atoms with Crippen LogP contribution < -0.4 is 10.9 Å². The number of carboxylic acids is 1. The van der Waals surface area contributed by atoms with Crippen LogP contribution in [-0.4, -0.2) is 17.0 Å². The zero-order chi connectivity index (χ0) is 10.8. The van der Waals surface area contributed by atoms with E-state index >= 15 is 0 Å². The van der Waals surface area contributed by atoms with E-state index in [0.29, 0.717) is 5.56 Å². The van der Waals surface area contributed by atoms with Crippen LogP contribution in [0.3, 0.4) is 0 Å². The third kappa shape index (κ3) is 2.46. The van der Waals surface area contributed by atoms with Crippen molar-refractivity contribution >= 4 is 11.9 Å². The molecule has 0 bridgehead atoms. The minimum atomic E-state index is -0.904. The second-order valence-electron chi connectivity index (χ2n) is 3.34. The van der Waals surface area contributed by atoms with Crippen LogP contribution in [0, 0.1) is 0 Å². The number of amides is 1. The molecule has 0 radical (unpaired) electrons. The molecule has 80 valence electrons. The van der Waals surface area contributed by atoms with E-state index in [1.807, 2.05) is 0 Å². The van der Waals surface area contributed by atoms with Crippen LogP contribution >= 0.6 is 0 Å². The molecule has 0 aliphatic carbocycles. The minimum absolute atomic E-state index is 0. The molecule has 0 aromatic heterocycles. The summed E-state index contributed by atoms with van der Waals surface area (Å²) in [7, 11) is 0. The number of carboxylic acid groups (broad SMARTS) is 1. The zero-order valence-corrected chi connectivity index (χ0v) is 11.5. The molecule has 1 aliphatic rings. The first-order valence-corrected chi connectivity index (χ1v) is 4.55. The maximum Gasteiger partial charge on any atom is 0.305 e. The molecule has 2 rings (SSSR count). The fourth-order valence-electron chi connectivity index (χ4n) is 1.64. The fraction of sp³-hybridized carbons (Fsp3) is 0.200. The van der Waals surface area contributed by atoms with Crippen LogP contribution in [-0.2, 0) is 24.3 Å². The molecule has 16 heavy (non-hydrogen) atoms. The first kappa shape index (κ1) is 12.8. The first-order valence-electron chi connectivity index (χ1n) is 4.55. The summed E-state index contributed by atoms with van der Waals surface area (Å²) in [6.07, 6.45) is -0.0582.